The highest BCUT2D eigenvalue weighted by Crippen LogP contribution is 2.33. The molecule has 4 heterocycles. The Morgan fingerprint density at radius 1 is 1.00 bits per heavy atom. The van der Waals surface area contributed by atoms with Gasteiger partial charge in [0.15, 0.2) is 11.6 Å². The number of piperidine rings is 1. The fourth-order valence-electron chi connectivity index (χ4n) is 4.34. The monoisotopic (exact) mass is 406 g/mol. The fraction of sp³-hybridized carbons (Fsp3) is 0.391. The van der Waals surface area contributed by atoms with Gasteiger partial charge in [-0.25, -0.2) is 4.68 Å². The van der Waals surface area contributed by atoms with Gasteiger partial charge in [-0.1, -0.05) is 17.7 Å². The van der Waals surface area contributed by atoms with Crippen LogP contribution < -0.4 is 0 Å². The molecule has 0 atom stereocenters. The lowest BCUT2D eigenvalue weighted by molar-refractivity contribution is -0.181. The molecule has 0 saturated carbocycles. The number of carbonyl (C=O) groups is 1. The number of carbonyl (C=O) groups excluding carboxylic acids is 1. The zero-order chi connectivity index (χ0) is 20.7. The van der Waals surface area contributed by atoms with Crippen LogP contribution in [0.4, 0.5) is 0 Å². The topological polar surface area (TPSA) is 61.5 Å². The van der Waals surface area contributed by atoms with E-state index in [0.717, 1.165) is 17.2 Å². The van der Waals surface area contributed by atoms with E-state index >= 15 is 0 Å². The van der Waals surface area contributed by atoms with Crippen LogP contribution in [0.3, 0.4) is 0 Å². The van der Waals surface area contributed by atoms with E-state index in [1.54, 1.807) is 0 Å². The van der Waals surface area contributed by atoms with Crippen LogP contribution in [0.5, 0.6) is 0 Å². The number of likely N-dealkylation sites (tertiary alicyclic amines) is 1. The minimum absolute atomic E-state index is 0.00223. The first kappa shape index (κ1) is 19.1. The first-order valence-corrected chi connectivity index (χ1v) is 10.4. The molecule has 0 bridgehead atoms. The Kier molecular flexibility index (Phi) is 4.72. The van der Waals surface area contributed by atoms with Crippen molar-refractivity contribution >= 4 is 5.91 Å². The van der Waals surface area contributed by atoms with E-state index in [1.807, 2.05) is 57.7 Å². The second kappa shape index (κ2) is 7.41. The van der Waals surface area contributed by atoms with E-state index in [0.29, 0.717) is 44.7 Å². The van der Waals surface area contributed by atoms with Crippen molar-refractivity contribution < 1.29 is 14.3 Å². The molecule has 2 saturated heterocycles. The Bertz CT molecular complexity index is 1040. The molecule has 1 aromatic carbocycles. The first-order chi connectivity index (χ1) is 14.6. The van der Waals surface area contributed by atoms with Crippen molar-refractivity contribution in [3.05, 3.63) is 65.6 Å². The molecule has 0 radical (unpaired) electrons. The van der Waals surface area contributed by atoms with Gasteiger partial charge in [-0.3, -0.25) is 4.79 Å². The van der Waals surface area contributed by atoms with Gasteiger partial charge in [-0.05, 0) is 38.1 Å². The number of hydrogen-bond donors (Lipinski definition) is 0. The highest BCUT2D eigenvalue weighted by atomic mass is 16.7. The average Bonchev–Trinajstić information content (AvgIpc) is 3.49. The first-order valence-electron chi connectivity index (χ1n) is 10.4. The van der Waals surface area contributed by atoms with Gasteiger partial charge >= 0.3 is 0 Å². The Labute approximate surface area is 175 Å². The van der Waals surface area contributed by atoms with Crippen LogP contribution in [0.15, 0.2) is 48.8 Å². The van der Waals surface area contributed by atoms with E-state index < -0.39 is 5.79 Å². The molecule has 156 valence electrons. The summed E-state index contributed by atoms with van der Waals surface area (Å²) >= 11 is 0. The molecule has 1 spiro atoms. The average molecular weight is 406 g/mol. The standard InChI is InChI=1S/C23H26N4O3/c1-17-5-7-19(8-6-17)27-21(25-11-3-4-12-25)20(18(2)24-27)22(28)26-13-9-23(10-14-26)29-15-16-30-23/h3-8,11-12H,9-10,13-16H2,1-2H3. The number of amides is 1. The highest BCUT2D eigenvalue weighted by Gasteiger charge is 2.41. The van der Waals surface area contributed by atoms with Crippen LogP contribution in [-0.4, -0.2) is 57.2 Å². The van der Waals surface area contributed by atoms with Crippen LogP contribution in [0.2, 0.25) is 0 Å². The quantitative estimate of drug-likeness (QED) is 0.670. The van der Waals surface area contributed by atoms with Crippen LogP contribution in [0.25, 0.3) is 11.5 Å². The molecular formula is C23H26N4O3. The molecule has 2 aliphatic rings. The molecule has 30 heavy (non-hydrogen) atoms. The summed E-state index contributed by atoms with van der Waals surface area (Å²) in [7, 11) is 0. The second-order valence-electron chi connectivity index (χ2n) is 8.02. The van der Waals surface area contributed by atoms with Crippen molar-refractivity contribution in [1.82, 2.24) is 19.2 Å². The smallest absolute Gasteiger partial charge is 0.259 e. The van der Waals surface area contributed by atoms with E-state index in [4.69, 9.17) is 14.6 Å². The van der Waals surface area contributed by atoms with Gasteiger partial charge in [-0.2, -0.15) is 5.10 Å². The zero-order valence-corrected chi connectivity index (χ0v) is 17.4. The van der Waals surface area contributed by atoms with Gasteiger partial charge in [0.1, 0.15) is 5.56 Å². The fourth-order valence-corrected chi connectivity index (χ4v) is 4.34. The molecule has 0 N–H and O–H groups in total. The van der Waals surface area contributed by atoms with Gasteiger partial charge in [0.25, 0.3) is 5.91 Å². The molecule has 7 heteroatoms. The number of nitrogens with zero attached hydrogens (tertiary/aromatic N) is 4. The summed E-state index contributed by atoms with van der Waals surface area (Å²) in [5.74, 6) is 0.267. The molecule has 2 fully saturated rings. The number of hydrogen-bond acceptors (Lipinski definition) is 4. The predicted molar refractivity (Wildman–Crippen MR) is 112 cm³/mol. The third kappa shape index (κ3) is 3.24. The molecule has 2 aromatic heterocycles. The normalized spacial score (nSPS) is 18.3. The van der Waals surface area contributed by atoms with Gasteiger partial charge in [0.2, 0.25) is 0 Å². The molecule has 1 amide bonds. The molecule has 5 rings (SSSR count). The minimum Gasteiger partial charge on any atom is -0.347 e. The maximum Gasteiger partial charge on any atom is 0.259 e. The number of benzene rings is 1. The van der Waals surface area contributed by atoms with Crippen molar-refractivity contribution in [1.29, 1.82) is 0 Å². The SMILES string of the molecule is Cc1ccc(-n2nc(C)c(C(=O)N3CCC4(CC3)OCCO4)c2-n2cccc2)cc1. The molecule has 0 unspecified atom stereocenters. The number of rotatable bonds is 3. The van der Waals surface area contributed by atoms with Crippen LogP contribution in [0.1, 0.15) is 34.5 Å². The lowest BCUT2D eigenvalue weighted by Gasteiger charge is -2.37. The minimum atomic E-state index is -0.499. The predicted octanol–water partition coefficient (Wildman–Crippen LogP) is 3.26. The Morgan fingerprint density at radius 2 is 1.63 bits per heavy atom. The largest absolute Gasteiger partial charge is 0.347 e. The van der Waals surface area contributed by atoms with Gasteiger partial charge < -0.3 is 18.9 Å². The van der Waals surface area contributed by atoms with E-state index in [1.165, 1.54) is 5.56 Å². The summed E-state index contributed by atoms with van der Waals surface area (Å²) in [6.07, 6.45) is 5.29. The molecular weight excluding hydrogens is 380 g/mol. The maximum atomic E-state index is 13.6. The van der Waals surface area contributed by atoms with Gasteiger partial charge in [0.05, 0.1) is 24.6 Å². The van der Waals surface area contributed by atoms with Crippen molar-refractivity contribution in [3.63, 3.8) is 0 Å². The van der Waals surface area contributed by atoms with Crippen molar-refractivity contribution in [3.8, 4) is 11.5 Å². The summed E-state index contributed by atoms with van der Waals surface area (Å²) in [6.45, 7) is 6.45. The number of ether oxygens (including phenoxy) is 2. The van der Waals surface area contributed by atoms with E-state index in [9.17, 15) is 4.79 Å². The van der Waals surface area contributed by atoms with E-state index in [2.05, 4.69) is 19.1 Å². The third-order valence-corrected chi connectivity index (χ3v) is 6.00. The van der Waals surface area contributed by atoms with E-state index in [-0.39, 0.29) is 5.91 Å². The summed E-state index contributed by atoms with van der Waals surface area (Å²) in [6, 6.07) is 12.1. The van der Waals surface area contributed by atoms with Crippen LogP contribution in [0, 0.1) is 13.8 Å². The Balaban J connectivity index is 1.52. The summed E-state index contributed by atoms with van der Waals surface area (Å²) in [5, 5.41) is 4.75. The van der Waals surface area contributed by atoms with Gasteiger partial charge in [0, 0.05) is 38.3 Å². The summed E-state index contributed by atoms with van der Waals surface area (Å²) < 4.78 is 15.4. The molecule has 2 aliphatic heterocycles. The second-order valence-corrected chi connectivity index (χ2v) is 8.02. The van der Waals surface area contributed by atoms with Crippen molar-refractivity contribution in [2.45, 2.75) is 32.5 Å². The summed E-state index contributed by atoms with van der Waals surface area (Å²) in [5.41, 5.74) is 3.46. The lowest BCUT2D eigenvalue weighted by Crippen LogP contribution is -2.47. The van der Waals surface area contributed by atoms with Crippen molar-refractivity contribution in [2.24, 2.45) is 0 Å². The summed E-state index contributed by atoms with van der Waals surface area (Å²) in [4.78, 5) is 15.5. The van der Waals surface area contributed by atoms with Crippen molar-refractivity contribution in [2.75, 3.05) is 26.3 Å². The highest BCUT2D eigenvalue weighted by molar-refractivity contribution is 5.98. The molecule has 3 aromatic rings. The Hall–Kier alpha value is -2.90. The molecule has 7 nitrogen and oxygen atoms in total. The number of aryl methyl sites for hydroxylation is 2. The van der Waals surface area contributed by atoms with Crippen LogP contribution >= 0.6 is 0 Å². The Morgan fingerprint density at radius 3 is 2.27 bits per heavy atom. The molecule has 0 aliphatic carbocycles. The van der Waals surface area contributed by atoms with Gasteiger partial charge in [-0.15, -0.1) is 0 Å². The lowest BCUT2D eigenvalue weighted by atomic mass is 10.0. The maximum absolute atomic E-state index is 13.6. The third-order valence-electron chi connectivity index (χ3n) is 6.00. The zero-order valence-electron chi connectivity index (χ0n) is 17.4. The van der Waals surface area contributed by atoms with Crippen LogP contribution in [-0.2, 0) is 9.47 Å². The number of aromatic nitrogens is 3.